The van der Waals surface area contributed by atoms with Gasteiger partial charge in [-0.15, -0.1) is 0 Å². The molecule has 2 fully saturated rings. The van der Waals surface area contributed by atoms with Crippen molar-refractivity contribution in [2.75, 3.05) is 33.3 Å². The Balaban J connectivity index is 1.37. The van der Waals surface area contributed by atoms with Crippen molar-refractivity contribution in [1.29, 1.82) is 0 Å². The minimum absolute atomic E-state index is 0.0138. The van der Waals surface area contributed by atoms with Crippen molar-refractivity contribution in [2.45, 2.75) is 32.7 Å². The topological polar surface area (TPSA) is 63.5 Å². The van der Waals surface area contributed by atoms with Crippen LogP contribution in [0.2, 0.25) is 10.3 Å². The number of nitrogens with zero attached hydrogens (tertiary/aromatic N) is 5. The van der Waals surface area contributed by atoms with Crippen LogP contribution < -0.4 is 4.74 Å². The summed E-state index contributed by atoms with van der Waals surface area (Å²) in [6, 6.07) is 3.25. The third kappa shape index (κ3) is 4.15. The molecule has 0 unspecified atom stereocenters. The maximum Gasteiger partial charge on any atom is 0.254 e. The third-order valence-corrected chi connectivity index (χ3v) is 7.17. The number of aromatic nitrogens is 3. The lowest BCUT2D eigenvalue weighted by Gasteiger charge is -2.39. The zero-order valence-corrected chi connectivity index (χ0v) is 19.1. The molecular formula is C21H27Cl2N5O2. The lowest BCUT2D eigenvalue weighted by molar-refractivity contribution is 0.0587. The molecule has 0 aromatic carbocycles. The van der Waals surface area contributed by atoms with E-state index in [4.69, 9.17) is 27.9 Å². The normalized spacial score (nSPS) is 18.9. The van der Waals surface area contributed by atoms with Gasteiger partial charge in [0, 0.05) is 50.4 Å². The van der Waals surface area contributed by atoms with Gasteiger partial charge in [0.15, 0.2) is 0 Å². The van der Waals surface area contributed by atoms with E-state index < -0.39 is 0 Å². The number of amides is 1. The second-order valence-electron chi connectivity index (χ2n) is 8.45. The molecule has 0 saturated carbocycles. The molecule has 2 aromatic rings. The van der Waals surface area contributed by atoms with Gasteiger partial charge in [0.05, 0.1) is 12.8 Å². The molecule has 1 amide bonds. The molecule has 0 aliphatic carbocycles. The number of hydrogen-bond acceptors (Lipinski definition) is 5. The number of carbonyl (C=O) groups is 1. The second-order valence-corrected chi connectivity index (χ2v) is 9.20. The van der Waals surface area contributed by atoms with Gasteiger partial charge in [-0.3, -0.25) is 14.4 Å². The van der Waals surface area contributed by atoms with E-state index in [2.05, 4.69) is 15.0 Å². The number of aryl methyl sites for hydroxylation is 2. The first-order chi connectivity index (χ1) is 14.3. The largest absolute Gasteiger partial charge is 0.481 e. The van der Waals surface area contributed by atoms with E-state index in [1.54, 1.807) is 16.8 Å². The van der Waals surface area contributed by atoms with E-state index in [0.29, 0.717) is 11.4 Å². The van der Waals surface area contributed by atoms with Crippen molar-refractivity contribution < 1.29 is 9.53 Å². The molecule has 0 radical (unpaired) electrons. The summed E-state index contributed by atoms with van der Waals surface area (Å²) in [4.78, 5) is 21.4. The monoisotopic (exact) mass is 451 g/mol. The van der Waals surface area contributed by atoms with E-state index in [1.165, 1.54) is 7.11 Å². The summed E-state index contributed by atoms with van der Waals surface area (Å²) in [6.07, 6.45) is 3.16. The fourth-order valence-corrected chi connectivity index (χ4v) is 5.15. The standard InChI is InChI=1S/C21H27Cl2N5O2/c1-14-16(19(23)26(2)25-14)12-27-7-4-21(13-27)5-8-28(9-6-21)20(29)15-10-17(22)24-18(11-15)30-3/h10-11H,4-9,12-13H2,1-3H3. The van der Waals surface area contributed by atoms with Gasteiger partial charge in [0.2, 0.25) is 5.88 Å². The molecule has 4 heterocycles. The molecule has 4 rings (SSSR count). The molecule has 2 aliphatic rings. The highest BCUT2D eigenvalue weighted by Gasteiger charge is 2.41. The Morgan fingerprint density at radius 1 is 1.20 bits per heavy atom. The maximum atomic E-state index is 13.0. The van der Waals surface area contributed by atoms with Gasteiger partial charge >= 0.3 is 0 Å². The van der Waals surface area contributed by atoms with Crippen LogP contribution in [0.3, 0.4) is 0 Å². The highest BCUT2D eigenvalue weighted by atomic mass is 35.5. The van der Waals surface area contributed by atoms with Gasteiger partial charge in [-0.25, -0.2) is 4.98 Å². The zero-order chi connectivity index (χ0) is 21.5. The van der Waals surface area contributed by atoms with Crippen LogP contribution in [0.25, 0.3) is 0 Å². The first kappa shape index (κ1) is 21.4. The second kappa shape index (κ2) is 8.36. The lowest BCUT2D eigenvalue weighted by Crippen LogP contribution is -2.44. The predicted octanol–water partition coefficient (Wildman–Crippen LogP) is 3.57. The summed E-state index contributed by atoms with van der Waals surface area (Å²) >= 11 is 12.5. The van der Waals surface area contributed by atoms with Crippen LogP contribution in [-0.4, -0.2) is 63.8 Å². The Bertz CT molecular complexity index is 953. The average Bonchev–Trinajstić information content (AvgIpc) is 3.23. The number of likely N-dealkylation sites (tertiary alicyclic amines) is 2. The van der Waals surface area contributed by atoms with E-state index in [0.717, 1.165) is 68.4 Å². The Morgan fingerprint density at radius 2 is 1.90 bits per heavy atom. The van der Waals surface area contributed by atoms with Crippen molar-refractivity contribution in [3.63, 3.8) is 0 Å². The van der Waals surface area contributed by atoms with E-state index in [1.807, 2.05) is 18.9 Å². The Hall–Kier alpha value is -1.83. The third-order valence-electron chi connectivity index (χ3n) is 6.51. The first-order valence-corrected chi connectivity index (χ1v) is 11.0. The van der Waals surface area contributed by atoms with Gasteiger partial charge in [-0.05, 0) is 44.2 Å². The highest BCUT2D eigenvalue weighted by Crippen LogP contribution is 2.41. The number of halogens is 2. The van der Waals surface area contributed by atoms with Crippen LogP contribution in [0.1, 0.15) is 40.9 Å². The minimum atomic E-state index is -0.0138. The summed E-state index contributed by atoms with van der Waals surface area (Å²) in [6.45, 7) is 6.43. The van der Waals surface area contributed by atoms with Crippen LogP contribution in [0.4, 0.5) is 0 Å². The molecule has 7 nitrogen and oxygen atoms in total. The van der Waals surface area contributed by atoms with Gasteiger partial charge in [-0.2, -0.15) is 5.10 Å². The molecule has 2 aromatic heterocycles. The predicted molar refractivity (Wildman–Crippen MR) is 116 cm³/mol. The van der Waals surface area contributed by atoms with Crippen molar-refractivity contribution >= 4 is 29.1 Å². The molecule has 9 heteroatoms. The quantitative estimate of drug-likeness (QED) is 0.664. The molecule has 0 atom stereocenters. The zero-order valence-electron chi connectivity index (χ0n) is 17.6. The van der Waals surface area contributed by atoms with Crippen LogP contribution in [0.5, 0.6) is 5.88 Å². The van der Waals surface area contributed by atoms with Gasteiger partial charge in [-0.1, -0.05) is 23.2 Å². The number of rotatable bonds is 4. The lowest BCUT2D eigenvalue weighted by atomic mass is 9.77. The molecule has 0 bridgehead atoms. The number of methoxy groups -OCH3 is 1. The first-order valence-electron chi connectivity index (χ1n) is 10.2. The van der Waals surface area contributed by atoms with Crippen LogP contribution in [0, 0.1) is 12.3 Å². The van der Waals surface area contributed by atoms with Crippen LogP contribution in [0.15, 0.2) is 12.1 Å². The molecule has 2 aliphatic heterocycles. The van der Waals surface area contributed by atoms with E-state index in [9.17, 15) is 4.79 Å². The summed E-state index contributed by atoms with van der Waals surface area (Å²) in [5.41, 5.74) is 2.91. The molecule has 2 saturated heterocycles. The summed E-state index contributed by atoms with van der Waals surface area (Å²) in [7, 11) is 3.40. The number of pyridine rings is 1. The Kier molecular flexibility index (Phi) is 5.97. The molecular weight excluding hydrogens is 425 g/mol. The van der Waals surface area contributed by atoms with Crippen molar-refractivity contribution in [3.8, 4) is 5.88 Å². The summed E-state index contributed by atoms with van der Waals surface area (Å²) < 4.78 is 6.88. The minimum Gasteiger partial charge on any atom is -0.481 e. The van der Waals surface area contributed by atoms with E-state index >= 15 is 0 Å². The van der Waals surface area contributed by atoms with Crippen molar-refractivity contribution in [3.05, 3.63) is 39.3 Å². The number of piperidine rings is 1. The fourth-order valence-electron chi connectivity index (χ4n) is 4.72. The Morgan fingerprint density at radius 3 is 2.53 bits per heavy atom. The van der Waals surface area contributed by atoms with Gasteiger partial charge in [0.1, 0.15) is 10.3 Å². The molecule has 0 N–H and O–H groups in total. The number of ether oxygens (including phenoxy) is 1. The maximum absolute atomic E-state index is 13.0. The van der Waals surface area contributed by atoms with Crippen molar-refractivity contribution in [2.24, 2.45) is 12.5 Å². The SMILES string of the molecule is COc1cc(C(=O)N2CCC3(CCN(Cc4c(C)nn(C)c4Cl)C3)CC2)cc(Cl)n1. The summed E-state index contributed by atoms with van der Waals surface area (Å²) in [5, 5.41) is 5.41. The number of hydrogen-bond donors (Lipinski definition) is 0. The average molecular weight is 452 g/mol. The Labute approximate surface area is 186 Å². The van der Waals surface area contributed by atoms with Crippen LogP contribution >= 0.6 is 23.2 Å². The fraction of sp³-hybridized carbons (Fsp3) is 0.571. The highest BCUT2D eigenvalue weighted by molar-refractivity contribution is 6.30. The van der Waals surface area contributed by atoms with Gasteiger partial charge < -0.3 is 9.64 Å². The van der Waals surface area contributed by atoms with E-state index in [-0.39, 0.29) is 16.5 Å². The molecule has 1 spiro atoms. The number of carbonyl (C=O) groups excluding carboxylic acids is 1. The van der Waals surface area contributed by atoms with Gasteiger partial charge in [0.25, 0.3) is 5.91 Å². The smallest absolute Gasteiger partial charge is 0.254 e. The van der Waals surface area contributed by atoms with Crippen molar-refractivity contribution in [1.82, 2.24) is 24.6 Å². The molecule has 30 heavy (non-hydrogen) atoms. The van der Waals surface area contributed by atoms with Crippen LogP contribution in [-0.2, 0) is 13.6 Å². The molecule has 162 valence electrons. The summed E-state index contributed by atoms with van der Waals surface area (Å²) in [5.74, 6) is 0.343.